The van der Waals surface area contributed by atoms with Crippen molar-refractivity contribution in [3.05, 3.63) is 28.2 Å². The van der Waals surface area contributed by atoms with E-state index in [0.717, 1.165) is 36.4 Å². The average molecular weight is 313 g/mol. The Morgan fingerprint density at radius 1 is 1.33 bits per heavy atom. The van der Waals surface area contributed by atoms with E-state index in [1.807, 2.05) is 6.07 Å². The molecule has 4 heteroatoms. The molecule has 0 spiro atoms. The molecular formula is C14H17BrO3. The molecule has 0 bridgehead atoms. The van der Waals surface area contributed by atoms with Crippen molar-refractivity contribution in [2.45, 2.75) is 37.7 Å². The highest BCUT2D eigenvalue weighted by molar-refractivity contribution is 9.10. The average Bonchev–Trinajstić information content (AvgIpc) is 2.38. The summed E-state index contributed by atoms with van der Waals surface area (Å²) >= 11 is 3.31. The van der Waals surface area contributed by atoms with E-state index in [9.17, 15) is 9.90 Å². The first-order valence-electron chi connectivity index (χ1n) is 6.23. The van der Waals surface area contributed by atoms with Crippen LogP contribution in [0, 0.1) is 0 Å². The number of benzene rings is 1. The van der Waals surface area contributed by atoms with Crippen LogP contribution < -0.4 is 4.74 Å². The molecule has 98 valence electrons. The number of halogens is 1. The summed E-state index contributed by atoms with van der Waals surface area (Å²) in [7, 11) is 0. The minimum absolute atomic E-state index is 0.259. The van der Waals surface area contributed by atoms with Gasteiger partial charge < -0.3 is 9.84 Å². The lowest BCUT2D eigenvalue weighted by Crippen LogP contribution is -2.38. The number of carbonyl (C=O) groups is 1. The Labute approximate surface area is 115 Å². The van der Waals surface area contributed by atoms with Gasteiger partial charge in [-0.25, -0.2) is 0 Å². The summed E-state index contributed by atoms with van der Waals surface area (Å²) in [5.74, 6) is 0.534. The zero-order valence-corrected chi connectivity index (χ0v) is 11.8. The molecule has 0 atom stereocenters. The van der Waals surface area contributed by atoms with E-state index in [1.165, 1.54) is 6.42 Å². The van der Waals surface area contributed by atoms with Gasteiger partial charge in [-0.3, -0.25) is 4.79 Å². The second-order valence-electron chi connectivity index (χ2n) is 4.87. The van der Waals surface area contributed by atoms with Gasteiger partial charge in [0.15, 0.2) is 6.29 Å². The molecule has 0 radical (unpaired) electrons. The van der Waals surface area contributed by atoms with Crippen LogP contribution in [0.4, 0.5) is 0 Å². The maximum Gasteiger partial charge on any atom is 0.153 e. The first-order chi connectivity index (χ1) is 8.63. The predicted molar refractivity (Wildman–Crippen MR) is 73.1 cm³/mol. The van der Waals surface area contributed by atoms with Gasteiger partial charge in [-0.05, 0) is 31.0 Å². The molecule has 0 unspecified atom stereocenters. The minimum Gasteiger partial charge on any atom is -0.490 e. The Bertz CT molecular complexity index is 425. The van der Waals surface area contributed by atoms with Crippen LogP contribution >= 0.6 is 15.9 Å². The number of aliphatic hydroxyl groups is 1. The molecule has 1 fully saturated rings. The van der Waals surface area contributed by atoms with E-state index in [-0.39, 0.29) is 6.61 Å². The molecule has 0 amide bonds. The van der Waals surface area contributed by atoms with Crippen molar-refractivity contribution in [1.29, 1.82) is 0 Å². The van der Waals surface area contributed by atoms with Crippen molar-refractivity contribution < 1.29 is 14.6 Å². The van der Waals surface area contributed by atoms with Crippen molar-refractivity contribution in [2.75, 3.05) is 6.61 Å². The number of carbonyl (C=O) groups excluding carboxylic acids is 1. The lowest BCUT2D eigenvalue weighted by Gasteiger charge is -2.31. The summed E-state index contributed by atoms with van der Waals surface area (Å²) in [6.07, 6.45) is 5.59. The van der Waals surface area contributed by atoms with Crippen LogP contribution in [-0.2, 0) is 0 Å². The number of hydrogen-bond donors (Lipinski definition) is 1. The van der Waals surface area contributed by atoms with E-state index in [1.54, 1.807) is 12.1 Å². The number of aldehydes is 1. The third-order valence-electron chi connectivity index (χ3n) is 3.38. The molecule has 3 nitrogen and oxygen atoms in total. The quantitative estimate of drug-likeness (QED) is 0.867. The Balaban J connectivity index is 2.03. The largest absolute Gasteiger partial charge is 0.490 e. The van der Waals surface area contributed by atoms with Crippen molar-refractivity contribution in [3.8, 4) is 5.75 Å². The molecule has 1 saturated carbocycles. The van der Waals surface area contributed by atoms with Crippen LogP contribution in [0.1, 0.15) is 42.5 Å². The molecule has 2 rings (SSSR count). The van der Waals surface area contributed by atoms with Gasteiger partial charge in [-0.2, -0.15) is 0 Å². The summed E-state index contributed by atoms with van der Waals surface area (Å²) in [4.78, 5) is 10.9. The highest BCUT2D eigenvalue weighted by atomic mass is 79.9. The molecule has 1 N–H and O–H groups in total. The maximum absolute atomic E-state index is 10.9. The van der Waals surface area contributed by atoms with E-state index in [0.29, 0.717) is 11.3 Å². The Morgan fingerprint density at radius 2 is 2.06 bits per heavy atom. The standard InChI is InChI=1S/C14H17BrO3/c15-12-4-5-13(11(8-12)9-16)18-10-14(17)6-2-1-3-7-14/h4-5,8-9,17H,1-3,6-7,10H2. The molecule has 18 heavy (non-hydrogen) atoms. The van der Waals surface area contributed by atoms with Gasteiger partial charge >= 0.3 is 0 Å². The monoisotopic (exact) mass is 312 g/mol. The summed E-state index contributed by atoms with van der Waals surface area (Å²) in [5.41, 5.74) is -0.227. The Morgan fingerprint density at radius 3 is 2.72 bits per heavy atom. The highest BCUT2D eigenvalue weighted by Crippen LogP contribution is 2.30. The predicted octanol–water partition coefficient (Wildman–Crippen LogP) is 3.34. The summed E-state index contributed by atoms with van der Waals surface area (Å²) in [6.45, 7) is 0.259. The van der Waals surface area contributed by atoms with Crippen molar-refractivity contribution in [1.82, 2.24) is 0 Å². The molecule has 1 aliphatic rings. The van der Waals surface area contributed by atoms with Crippen LogP contribution in [0.2, 0.25) is 0 Å². The van der Waals surface area contributed by atoms with Gasteiger partial charge in [0.2, 0.25) is 0 Å². The number of rotatable bonds is 4. The molecule has 0 saturated heterocycles. The second-order valence-corrected chi connectivity index (χ2v) is 5.79. The van der Waals surface area contributed by atoms with Crippen LogP contribution in [0.25, 0.3) is 0 Å². The molecule has 0 aromatic heterocycles. The Hall–Kier alpha value is -0.870. The summed E-state index contributed by atoms with van der Waals surface area (Å²) in [6, 6.07) is 5.29. The Kier molecular flexibility index (Phi) is 4.40. The highest BCUT2D eigenvalue weighted by Gasteiger charge is 2.30. The molecule has 1 aliphatic carbocycles. The fourth-order valence-corrected chi connectivity index (χ4v) is 2.69. The van der Waals surface area contributed by atoms with Gasteiger partial charge in [0.05, 0.1) is 11.2 Å². The van der Waals surface area contributed by atoms with Crippen LogP contribution in [0.3, 0.4) is 0 Å². The molecular weight excluding hydrogens is 296 g/mol. The normalized spacial score (nSPS) is 18.3. The molecule has 0 aliphatic heterocycles. The lowest BCUT2D eigenvalue weighted by molar-refractivity contribution is -0.0340. The molecule has 1 aromatic carbocycles. The van der Waals surface area contributed by atoms with Crippen molar-refractivity contribution in [2.24, 2.45) is 0 Å². The van der Waals surface area contributed by atoms with Gasteiger partial charge in [0.1, 0.15) is 12.4 Å². The molecule has 0 heterocycles. The smallest absolute Gasteiger partial charge is 0.153 e. The van der Waals surface area contributed by atoms with E-state index in [4.69, 9.17) is 4.74 Å². The van der Waals surface area contributed by atoms with E-state index < -0.39 is 5.60 Å². The van der Waals surface area contributed by atoms with Crippen LogP contribution in [0.5, 0.6) is 5.75 Å². The fraction of sp³-hybridized carbons (Fsp3) is 0.500. The fourth-order valence-electron chi connectivity index (χ4n) is 2.31. The number of ether oxygens (including phenoxy) is 1. The zero-order valence-electron chi connectivity index (χ0n) is 10.2. The lowest BCUT2D eigenvalue weighted by atomic mass is 9.85. The van der Waals surface area contributed by atoms with Crippen molar-refractivity contribution >= 4 is 22.2 Å². The van der Waals surface area contributed by atoms with Gasteiger partial charge in [-0.15, -0.1) is 0 Å². The van der Waals surface area contributed by atoms with Crippen LogP contribution in [-0.4, -0.2) is 23.6 Å². The first kappa shape index (κ1) is 13.6. The summed E-state index contributed by atoms with van der Waals surface area (Å²) in [5, 5.41) is 10.3. The van der Waals surface area contributed by atoms with Crippen LogP contribution in [0.15, 0.2) is 22.7 Å². The van der Waals surface area contributed by atoms with Gasteiger partial charge in [-0.1, -0.05) is 35.2 Å². The van der Waals surface area contributed by atoms with E-state index in [2.05, 4.69) is 15.9 Å². The van der Waals surface area contributed by atoms with Gasteiger partial charge in [0.25, 0.3) is 0 Å². The SMILES string of the molecule is O=Cc1cc(Br)ccc1OCC1(O)CCCCC1. The second kappa shape index (κ2) is 5.85. The van der Waals surface area contributed by atoms with Crippen molar-refractivity contribution in [3.63, 3.8) is 0 Å². The first-order valence-corrected chi connectivity index (χ1v) is 7.02. The zero-order chi connectivity index (χ0) is 13.0. The summed E-state index contributed by atoms with van der Waals surface area (Å²) < 4.78 is 6.46. The topological polar surface area (TPSA) is 46.5 Å². The third-order valence-corrected chi connectivity index (χ3v) is 3.87. The third kappa shape index (κ3) is 3.33. The minimum atomic E-state index is -0.731. The van der Waals surface area contributed by atoms with Gasteiger partial charge in [0, 0.05) is 4.47 Å². The number of hydrogen-bond acceptors (Lipinski definition) is 3. The maximum atomic E-state index is 10.9. The van der Waals surface area contributed by atoms with E-state index >= 15 is 0 Å². The molecule has 1 aromatic rings.